The Labute approximate surface area is 404 Å². The molecule has 0 amide bonds. The van der Waals surface area contributed by atoms with Crippen LogP contribution in [-0.4, -0.2) is 0 Å². The molecule has 0 unspecified atom stereocenters. The summed E-state index contributed by atoms with van der Waals surface area (Å²) in [5, 5.41) is 0. The van der Waals surface area contributed by atoms with Gasteiger partial charge in [0.05, 0.1) is 0 Å². The van der Waals surface area contributed by atoms with E-state index in [-0.39, 0.29) is 0 Å². The van der Waals surface area contributed by atoms with E-state index in [1.807, 2.05) is 47.6 Å². The van der Waals surface area contributed by atoms with Crippen molar-refractivity contribution < 1.29 is 0 Å². The van der Waals surface area contributed by atoms with E-state index in [4.69, 9.17) is 0 Å². The van der Waals surface area contributed by atoms with Crippen molar-refractivity contribution in [3.8, 4) is 11.1 Å². The quantitative estimate of drug-likeness (QED) is 0.104. The summed E-state index contributed by atoms with van der Waals surface area (Å²) in [5.41, 5.74) is 21.3. The molecule has 0 aliphatic heterocycles. The standard InChI is InChI=1S/C30H34.C17H20.C13H12.3C2H6/c1-7-25(18-17-24(6)27-15-12-11-14-22(27)4)26-19-29(21(2)3)30(20-26)28-16-10-8-9-13-23(28)5;1-3-4-5-8-15-11-14(2)12-17(13-15)16-9-6-7-10-16;1-11-6-5-9-13(10-11)12-7-3-2-4-8-12;3*1-2/h7,9-18,20-21H,6,8,19H2,1-5H3;3-4,6,9-13H,5,7-8H2,1-2H3;2-10H,1H3;3*1-2H3/b18-17-,25-7+;4-3-;;;;. The highest BCUT2D eigenvalue weighted by molar-refractivity contribution is 5.77. The molecule has 0 saturated heterocycles. The van der Waals surface area contributed by atoms with Crippen LogP contribution in [0.3, 0.4) is 0 Å². The van der Waals surface area contributed by atoms with Crippen molar-refractivity contribution in [2.75, 3.05) is 0 Å². The highest BCUT2D eigenvalue weighted by Crippen LogP contribution is 2.40. The number of aryl methyl sites for hydroxylation is 4. The molecule has 0 radical (unpaired) electrons. The third-order valence-corrected chi connectivity index (χ3v) is 11.2. The third kappa shape index (κ3) is 18.1. The SMILES string of the molecule is C/C=C\CCc1cc(C)cc(C2=CCC=C2)c1.C=C(/C=C\C(=C/C)C1=CC(C2=C(C)C=CCC=C2)=C(C(C)C)C1)c1ccccc1C.CC.CC.CC.Cc1cccc(-c2ccccc2)c1. The predicted molar refractivity (Wildman–Crippen MR) is 300 cm³/mol. The van der Waals surface area contributed by atoms with Crippen LogP contribution in [0.25, 0.3) is 22.3 Å². The van der Waals surface area contributed by atoms with Gasteiger partial charge in [0, 0.05) is 0 Å². The topological polar surface area (TPSA) is 0 Å². The minimum atomic E-state index is 0.527. The summed E-state index contributed by atoms with van der Waals surface area (Å²) in [6.07, 6.45) is 34.6. The zero-order valence-corrected chi connectivity index (χ0v) is 43.6. The van der Waals surface area contributed by atoms with Crippen LogP contribution in [0, 0.1) is 26.7 Å². The van der Waals surface area contributed by atoms with Gasteiger partial charge < -0.3 is 0 Å². The van der Waals surface area contributed by atoms with Gasteiger partial charge in [-0.25, -0.2) is 0 Å². The molecule has 0 aromatic heterocycles. The molecule has 0 spiro atoms. The molecule has 0 atom stereocenters. The lowest BCUT2D eigenvalue weighted by Crippen LogP contribution is -1.97. The van der Waals surface area contributed by atoms with E-state index in [2.05, 4.69) is 232 Å². The summed E-state index contributed by atoms with van der Waals surface area (Å²) in [4.78, 5) is 0. The average molecular weight is 877 g/mol. The monoisotopic (exact) mass is 877 g/mol. The molecule has 3 aliphatic rings. The summed E-state index contributed by atoms with van der Waals surface area (Å²) in [7, 11) is 0. The van der Waals surface area contributed by atoms with Crippen molar-refractivity contribution in [3.63, 3.8) is 0 Å². The predicted octanol–water partition coefficient (Wildman–Crippen LogP) is 20.2. The fourth-order valence-electron chi connectivity index (χ4n) is 7.92. The zero-order chi connectivity index (χ0) is 48.9. The number of hydrogen-bond acceptors (Lipinski definition) is 0. The Bertz CT molecular complexity index is 2420. The fourth-order valence-corrected chi connectivity index (χ4v) is 7.92. The smallest absolute Gasteiger partial charge is 0.00493 e. The van der Waals surface area contributed by atoms with E-state index in [0.29, 0.717) is 5.92 Å². The van der Waals surface area contributed by atoms with Crippen molar-refractivity contribution in [1.82, 2.24) is 0 Å². The van der Waals surface area contributed by atoms with Crippen LogP contribution in [0.5, 0.6) is 0 Å². The Morgan fingerprint density at radius 3 is 1.92 bits per heavy atom. The summed E-state index contributed by atoms with van der Waals surface area (Å²) in [6.45, 7) is 33.8. The molecule has 4 aromatic carbocycles. The first-order chi connectivity index (χ1) is 32.1. The van der Waals surface area contributed by atoms with Gasteiger partial charge >= 0.3 is 0 Å². The number of hydrogen-bond donors (Lipinski definition) is 0. The van der Waals surface area contributed by atoms with Crippen molar-refractivity contribution in [1.29, 1.82) is 0 Å². The summed E-state index contributed by atoms with van der Waals surface area (Å²) in [5.74, 6) is 0.527. The van der Waals surface area contributed by atoms with Crippen molar-refractivity contribution in [3.05, 3.63) is 249 Å². The van der Waals surface area contributed by atoms with E-state index in [1.165, 1.54) is 83.5 Å². The Balaban J connectivity index is 0.000000350. The first kappa shape index (κ1) is 56.2. The Morgan fingerprint density at radius 2 is 1.29 bits per heavy atom. The molecule has 7 rings (SSSR count). The molecule has 66 heavy (non-hydrogen) atoms. The largest absolute Gasteiger partial charge is 0.0917 e. The summed E-state index contributed by atoms with van der Waals surface area (Å²) < 4.78 is 0. The molecule has 0 bridgehead atoms. The maximum Gasteiger partial charge on any atom is -0.00493 e. The number of rotatable bonds is 11. The summed E-state index contributed by atoms with van der Waals surface area (Å²) in [6, 6.07) is 34.3. The van der Waals surface area contributed by atoms with Gasteiger partial charge in [0.1, 0.15) is 0 Å². The van der Waals surface area contributed by atoms with Gasteiger partial charge in [-0.2, -0.15) is 0 Å². The van der Waals surface area contributed by atoms with Crippen LogP contribution >= 0.6 is 0 Å². The Morgan fingerprint density at radius 1 is 0.636 bits per heavy atom. The van der Waals surface area contributed by atoms with Crippen LogP contribution in [0.1, 0.15) is 135 Å². The molecule has 0 heteroatoms. The normalized spacial score (nSPS) is 13.9. The number of benzene rings is 4. The average Bonchev–Trinajstić information content (AvgIpc) is 4.01. The van der Waals surface area contributed by atoms with Gasteiger partial charge in [-0.3, -0.25) is 0 Å². The van der Waals surface area contributed by atoms with Gasteiger partial charge in [0.15, 0.2) is 0 Å². The molecule has 0 heterocycles. The third-order valence-electron chi connectivity index (χ3n) is 11.2. The number of allylic oxidation sites excluding steroid dienone is 21. The lowest BCUT2D eigenvalue weighted by Gasteiger charge is -2.13. The zero-order valence-electron chi connectivity index (χ0n) is 43.6. The van der Waals surface area contributed by atoms with Crippen molar-refractivity contribution in [2.24, 2.45) is 5.92 Å². The van der Waals surface area contributed by atoms with Gasteiger partial charge in [-0.1, -0.05) is 255 Å². The van der Waals surface area contributed by atoms with Gasteiger partial charge in [0.25, 0.3) is 0 Å². The van der Waals surface area contributed by atoms with E-state index < -0.39 is 0 Å². The molecule has 0 nitrogen and oxygen atoms in total. The van der Waals surface area contributed by atoms with Gasteiger partial charge in [-0.15, -0.1) is 0 Å². The van der Waals surface area contributed by atoms with Crippen molar-refractivity contribution >= 4 is 11.1 Å². The summed E-state index contributed by atoms with van der Waals surface area (Å²) >= 11 is 0. The van der Waals surface area contributed by atoms with E-state index in [0.717, 1.165) is 37.7 Å². The molecule has 348 valence electrons. The van der Waals surface area contributed by atoms with Gasteiger partial charge in [-0.05, 0) is 152 Å². The molecular formula is C66H84. The van der Waals surface area contributed by atoms with Gasteiger partial charge in [0.2, 0.25) is 0 Å². The molecular weight excluding hydrogens is 793 g/mol. The molecule has 4 aromatic rings. The maximum absolute atomic E-state index is 4.30. The van der Waals surface area contributed by atoms with Crippen molar-refractivity contribution in [2.45, 2.75) is 129 Å². The Kier molecular flexibility index (Phi) is 27.1. The van der Waals surface area contributed by atoms with Crippen LogP contribution in [0.4, 0.5) is 0 Å². The van der Waals surface area contributed by atoms with Crippen LogP contribution in [0.15, 0.2) is 216 Å². The molecule has 0 saturated carbocycles. The second kappa shape index (κ2) is 31.8. The minimum Gasteiger partial charge on any atom is -0.0917 e. The maximum atomic E-state index is 4.30. The highest BCUT2D eigenvalue weighted by atomic mass is 14.3. The molecule has 0 fully saturated rings. The molecule has 0 N–H and O–H groups in total. The highest BCUT2D eigenvalue weighted by Gasteiger charge is 2.22. The van der Waals surface area contributed by atoms with Crippen LogP contribution < -0.4 is 0 Å². The fraction of sp³-hybridized carbons (Fsp3) is 0.303. The van der Waals surface area contributed by atoms with E-state index in [1.54, 1.807) is 0 Å². The first-order valence-electron chi connectivity index (χ1n) is 24.9. The first-order valence-corrected chi connectivity index (χ1v) is 24.9. The Hall–Kier alpha value is -5.98. The van der Waals surface area contributed by atoms with E-state index >= 15 is 0 Å². The van der Waals surface area contributed by atoms with Crippen LogP contribution in [-0.2, 0) is 6.42 Å². The molecule has 3 aliphatic carbocycles. The van der Waals surface area contributed by atoms with E-state index in [9.17, 15) is 0 Å². The van der Waals surface area contributed by atoms with Crippen LogP contribution in [0.2, 0.25) is 0 Å². The minimum absolute atomic E-state index is 0.527. The lowest BCUT2D eigenvalue weighted by atomic mass is 9.91. The second-order valence-electron chi connectivity index (χ2n) is 16.3. The second-order valence-corrected chi connectivity index (χ2v) is 16.3. The lowest BCUT2D eigenvalue weighted by molar-refractivity contribution is 0.742.